The topological polar surface area (TPSA) is 35.5 Å². The molecule has 0 bridgehead atoms. The van der Waals surface area contributed by atoms with Gasteiger partial charge < -0.3 is 9.47 Å². The van der Waals surface area contributed by atoms with E-state index >= 15 is 0 Å². The van der Waals surface area contributed by atoms with E-state index in [0.29, 0.717) is 6.61 Å². The first kappa shape index (κ1) is 14.1. The van der Waals surface area contributed by atoms with Gasteiger partial charge >= 0.3 is 5.97 Å². The maximum atomic E-state index is 11.6. The van der Waals surface area contributed by atoms with E-state index in [1.54, 1.807) is 0 Å². The number of esters is 1. The number of hydrogen-bond donors (Lipinski definition) is 0. The highest BCUT2D eigenvalue weighted by atomic mass is 16.6. The van der Waals surface area contributed by atoms with Crippen LogP contribution in [0, 0.1) is 13.8 Å². The Hall–Kier alpha value is -1.35. The fourth-order valence-electron chi connectivity index (χ4n) is 2.48. The van der Waals surface area contributed by atoms with E-state index in [1.165, 1.54) is 24.0 Å². The van der Waals surface area contributed by atoms with Crippen molar-refractivity contribution in [3.8, 4) is 0 Å². The molecule has 0 spiro atoms. The van der Waals surface area contributed by atoms with Gasteiger partial charge in [0.2, 0.25) is 0 Å². The summed E-state index contributed by atoms with van der Waals surface area (Å²) in [6.07, 6.45) is 4.46. The molecule has 0 radical (unpaired) electrons. The molecule has 1 aliphatic rings. The highest BCUT2D eigenvalue weighted by Crippen LogP contribution is 2.21. The molecule has 0 saturated heterocycles. The molecule has 0 N–H and O–H groups in total. The lowest BCUT2D eigenvalue weighted by Gasteiger charge is -2.12. The van der Waals surface area contributed by atoms with Crippen molar-refractivity contribution in [1.82, 2.24) is 0 Å². The molecule has 0 unspecified atom stereocenters. The van der Waals surface area contributed by atoms with Crippen molar-refractivity contribution in [2.45, 2.75) is 52.2 Å². The Labute approximate surface area is 114 Å². The van der Waals surface area contributed by atoms with Crippen LogP contribution in [0.2, 0.25) is 0 Å². The van der Waals surface area contributed by atoms with Crippen LogP contribution in [0.15, 0.2) is 18.2 Å². The number of carbonyl (C=O) groups excluding carboxylic acids is 1. The third-order valence-corrected chi connectivity index (χ3v) is 3.58. The first-order valence-electron chi connectivity index (χ1n) is 6.98. The molecule has 3 nitrogen and oxygen atoms in total. The van der Waals surface area contributed by atoms with E-state index in [4.69, 9.17) is 9.47 Å². The third kappa shape index (κ3) is 4.35. The molecule has 3 heteroatoms. The van der Waals surface area contributed by atoms with Gasteiger partial charge in [0.25, 0.3) is 0 Å². The number of aryl methyl sites for hydroxylation is 2. The summed E-state index contributed by atoms with van der Waals surface area (Å²) in [6, 6.07) is 6.23. The van der Waals surface area contributed by atoms with Gasteiger partial charge in [0.05, 0.1) is 6.61 Å². The molecule has 0 heterocycles. The largest absolute Gasteiger partial charge is 0.461 e. The molecule has 0 atom stereocenters. The average molecular weight is 262 g/mol. The Kier molecular flexibility index (Phi) is 4.97. The second-order valence-electron chi connectivity index (χ2n) is 5.32. The molecule has 1 fully saturated rings. The molecule has 19 heavy (non-hydrogen) atoms. The zero-order chi connectivity index (χ0) is 13.7. The van der Waals surface area contributed by atoms with E-state index in [-0.39, 0.29) is 18.7 Å². The third-order valence-electron chi connectivity index (χ3n) is 3.58. The zero-order valence-electron chi connectivity index (χ0n) is 11.8. The van der Waals surface area contributed by atoms with Crippen LogP contribution in [0.3, 0.4) is 0 Å². The van der Waals surface area contributed by atoms with E-state index in [9.17, 15) is 4.79 Å². The molecule has 0 aromatic heterocycles. The SMILES string of the molecule is Cc1ccc(COCC(=O)OC2CCCC2)c(C)c1. The zero-order valence-corrected chi connectivity index (χ0v) is 11.8. The molecular formula is C16H22O3. The van der Waals surface area contributed by atoms with Crippen molar-refractivity contribution >= 4 is 5.97 Å². The van der Waals surface area contributed by atoms with Gasteiger partial charge in [0.15, 0.2) is 0 Å². The predicted molar refractivity (Wildman–Crippen MR) is 73.9 cm³/mol. The lowest BCUT2D eigenvalue weighted by molar-refractivity contribution is -0.154. The normalized spacial score (nSPS) is 15.7. The predicted octanol–water partition coefficient (Wildman–Crippen LogP) is 3.31. The van der Waals surface area contributed by atoms with Gasteiger partial charge in [-0.2, -0.15) is 0 Å². The quantitative estimate of drug-likeness (QED) is 0.764. The molecular weight excluding hydrogens is 240 g/mol. The molecule has 1 saturated carbocycles. The highest BCUT2D eigenvalue weighted by Gasteiger charge is 2.19. The van der Waals surface area contributed by atoms with Crippen LogP contribution in [-0.4, -0.2) is 18.7 Å². The molecule has 2 rings (SSSR count). The molecule has 1 aromatic rings. The smallest absolute Gasteiger partial charge is 0.332 e. The van der Waals surface area contributed by atoms with Crippen LogP contribution in [0.4, 0.5) is 0 Å². The van der Waals surface area contributed by atoms with Crippen molar-refractivity contribution in [3.63, 3.8) is 0 Å². The molecule has 0 amide bonds. The number of benzene rings is 1. The summed E-state index contributed by atoms with van der Waals surface area (Å²) in [4.78, 5) is 11.6. The first-order valence-corrected chi connectivity index (χ1v) is 6.98. The second-order valence-corrected chi connectivity index (χ2v) is 5.32. The monoisotopic (exact) mass is 262 g/mol. The van der Waals surface area contributed by atoms with Gasteiger partial charge in [-0.25, -0.2) is 4.79 Å². The van der Waals surface area contributed by atoms with E-state index in [2.05, 4.69) is 26.0 Å². The van der Waals surface area contributed by atoms with Gasteiger partial charge in [0, 0.05) is 0 Å². The Morgan fingerprint density at radius 2 is 2.00 bits per heavy atom. The van der Waals surface area contributed by atoms with Gasteiger partial charge in [-0.1, -0.05) is 23.8 Å². The van der Waals surface area contributed by atoms with Crippen molar-refractivity contribution in [3.05, 3.63) is 34.9 Å². The van der Waals surface area contributed by atoms with Crippen molar-refractivity contribution in [1.29, 1.82) is 0 Å². The molecule has 104 valence electrons. The van der Waals surface area contributed by atoms with E-state index in [1.807, 2.05) is 6.07 Å². The number of ether oxygens (including phenoxy) is 2. The van der Waals surface area contributed by atoms with Crippen LogP contribution in [0.1, 0.15) is 42.4 Å². The Balaban J connectivity index is 1.72. The van der Waals surface area contributed by atoms with Crippen LogP contribution in [0.5, 0.6) is 0 Å². The summed E-state index contributed by atoms with van der Waals surface area (Å²) in [5, 5.41) is 0. The summed E-state index contributed by atoms with van der Waals surface area (Å²) in [5.41, 5.74) is 3.56. The van der Waals surface area contributed by atoms with E-state index < -0.39 is 0 Å². The summed E-state index contributed by atoms with van der Waals surface area (Å²) in [5.74, 6) is -0.239. The van der Waals surface area contributed by atoms with Crippen molar-refractivity contribution < 1.29 is 14.3 Å². The summed E-state index contributed by atoms with van der Waals surface area (Å²) >= 11 is 0. The number of rotatable bonds is 5. The Bertz CT molecular complexity index is 434. The Morgan fingerprint density at radius 1 is 1.26 bits per heavy atom. The molecule has 1 aliphatic carbocycles. The summed E-state index contributed by atoms with van der Waals surface area (Å²) in [7, 11) is 0. The number of carbonyl (C=O) groups is 1. The number of hydrogen-bond acceptors (Lipinski definition) is 3. The average Bonchev–Trinajstić information content (AvgIpc) is 2.84. The highest BCUT2D eigenvalue weighted by molar-refractivity contribution is 5.70. The minimum absolute atomic E-state index is 0.0455. The lowest BCUT2D eigenvalue weighted by Crippen LogP contribution is -2.19. The van der Waals surface area contributed by atoms with Gasteiger partial charge in [-0.3, -0.25) is 0 Å². The Morgan fingerprint density at radius 3 is 2.68 bits per heavy atom. The van der Waals surface area contributed by atoms with Crippen LogP contribution in [0.25, 0.3) is 0 Å². The van der Waals surface area contributed by atoms with Crippen molar-refractivity contribution in [2.24, 2.45) is 0 Å². The van der Waals surface area contributed by atoms with E-state index in [0.717, 1.165) is 18.4 Å². The van der Waals surface area contributed by atoms with Crippen LogP contribution < -0.4 is 0 Å². The second kappa shape index (κ2) is 6.71. The minimum Gasteiger partial charge on any atom is -0.461 e. The van der Waals surface area contributed by atoms with Gasteiger partial charge in [-0.05, 0) is 50.7 Å². The maximum Gasteiger partial charge on any atom is 0.332 e. The van der Waals surface area contributed by atoms with Crippen LogP contribution in [-0.2, 0) is 20.9 Å². The van der Waals surface area contributed by atoms with Crippen LogP contribution >= 0.6 is 0 Å². The fourth-order valence-corrected chi connectivity index (χ4v) is 2.48. The fraction of sp³-hybridized carbons (Fsp3) is 0.562. The van der Waals surface area contributed by atoms with Gasteiger partial charge in [0.1, 0.15) is 12.7 Å². The summed E-state index contributed by atoms with van der Waals surface area (Å²) < 4.78 is 10.8. The molecule has 1 aromatic carbocycles. The van der Waals surface area contributed by atoms with Crippen molar-refractivity contribution in [2.75, 3.05) is 6.61 Å². The maximum absolute atomic E-state index is 11.6. The first-order chi connectivity index (χ1) is 9.15. The lowest BCUT2D eigenvalue weighted by atomic mass is 10.1. The minimum atomic E-state index is -0.239. The molecule has 0 aliphatic heterocycles. The standard InChI is InChI=1S/C16H22O3/c1-12-7-8-14(13(2)9-12)10-18-11-16(17)19-15-5-3-4-6-15/h7-9,15H,3-6,10-11H2,1-2H3. The van der Waals surface area contributed by atoms with Gasteiger partial charge in [-0.15, -0.1) is 0 Å². The summed E-state index contributed by atoms with van der Waals surface area (Å²) in [6.45, 7) is 4.63.